The van der Waals surface area contributed by atoms with Crippen LogP contribution in [0.2, 0.25) is 0 Å². The van der Waals surface area contributed by atoms with E-state index < -0.39 is 0 Å². The van der Waals surface area contributed by atoms with Gasteiger partial charge in [-0.15, -0.1) is 5.10 Å². The molecule has 1 aliphatic heterocycles. The lowest BCUT2D eigenvalue weighted by molar-refractivity contribution is 0.0947. The first kappa shape index (κ1) is 17.6. The lowest BCUT2D eigenvalue weighted by Gasteiger charge is -2.22. The molecule has 3 heterocycles. The molecule has 0 radical (unpaired) electrons. The van der Waals surface area contributed by atoms with E-state index >= 15 is 0 Å². The van der Waals surface area contributed by atoms with Crippen molar-refractivity contribution in [1.29, 1.82) is 0 Å². The summed E-state index contributed by atoms with van der Waals surface area (Å²) in [7, 11) is 0. The van der Waals surface area contributed by atoms with Gasteiger partial charge in [-0.25, -0.2) is 0 Å². The zero-order valence-electron chi connectivity index (χ0n) is 15.0. The number of carbonyl (C=O) groups is 1. The van der Waals surface area contributed by atoms with Gasteiger partial charge in [0.15, 0.2) is 5.69 Å². The number of nitrogens with one attached hydrogen (secondary N) is 2. The van der Waals surface area contributed by atoms with Crippen molar-refractivity contribution in [3.63, 3.8) is 0 Å². The molecule has 3 rings (SSSR count). The molecule has 8 nitrogen and oxygen atoms in total. The fourth-order valence-electron chi connectivity index (χ4n) is 3.26. The molecule has 0 aromatic carbocycles. The summed E-state index contributed by atoms with van der Waals surface area (Å²) < 4.78 is 3.75. The molecule has 0 unspecified atom stereocenters. The molecule has 0 saturated carbocycles. The van der Waals surface area contributed by atoms with Crippen molar-refractivity contribution in [3.05, 3.63) is 29.3 Å². The molecule has 1 amide bonds. The van der Waals surface area contributed by atoms with E-state index in [1.807, 2.05) is 18.5 Å². The summed E-state index contributed by atoms with van der Waals surface area (Å²) in [6.07, 6.45) is 4.96. The van der Waals surface area contributed by atoms with Crippen LogP contribution in [0.5, 0.6) is 0 Å². The van der Waals surface area contributed by atoms with Gasteiger partial charge in [0, 0.05) is 25.3 Å². The maximum absolute atomic E-state index is 12.2. The van der Waals surface area contributed by atoms with E-state index in [1.165, 1.54) is 12.8 Å². The maximum Gasteiger partial charge on any atom is 0.273 e. The van der Waals surface area contributed by atoms with Crippen molar-refractivity contribution in [3.8, 4) is 0 Å². The van der Waals surface area contributed by atoms with Crippen molar-refractivity contribution in [1.82, 2.24) is 35.4 Å². The summed E-state index contributed by atoms with van der Waals surface area (Å²) in [5.74, 6) is 0.397. The predicted octanol–water partition coefficient (Wildman–Crippen LogP) is 0.911. The Morgan fingerprint density at radius 3 is 3.04 bits per heavy atom. The maximum atomic E-state index is 12.2. The van der Waals surface area contributed by atoms with E-state index in [-0.39, 0.29) is 5.91 Å². The van der Waals surface area contributed by atoms with Crippen LogP contribution in [0.25, 0.3) is 0 Å². The third kappa shape index (κ3) is 4.88. The van der Waals surface area contributed by atoms with E-state index in [1.54, 1.807) is 10.9 Å². The van der Waals surface area contributed by atoms with Crippen molar-refractivity contribution >= 4 is 5.91 Å². The van der Waals surface area contributed by atoms with Gasteiger partial charge >= 0.3 is 0 Å². The summed E-state index contributed by atoms with van der Waals surface area (Å²) in [4.78, 5) is 12.2. The van der Waals surface area contributed by atoms with Gasteiger partial charge in [-0.05, 0) is 58.2 Å². The Kier molecular flexibility index (Phi) is 5.80. The van der Waals surface area contributed by atoms with Crippen LogP contribution in [0.4, 0.5) is 0 Å². The number of hydrogen-bond donors (Lipinski definition) is 2. The minimum absolute atomic E-state index is 0.165. The van der Waals surface area contributed by atoms with Crippen LogP contribution < -0.4 is 10.6 Å². The summed E-state index contributed by atoms with van der Waals surface area (Å²) in [6.45, 7) is 8.33. The average molecular weight is 345 g/mol. The van der Waals surface area contributed by atoms with Crippen LogP contribution in [-0.2, 0) is 13.1 Å². The lowest BCUT2D eigenvalue weighted by atomic mass is 10.00. The van der Waals surface area contributed by atoms with Gasteiger partial charge in [0.1, 0.15) is 0 Å². The lowest BCUT2D eigenvalue weighted by Crippen LogP contribution is -2.32. The highest BCUT2D eigenvalue weighted by Crippen LogP contribution is 2.12. The minimum Gasteiger partial charge on any atom is -0.351 e. The number of hydrogen-bond acceptors (Lipinski definition) is 5. The monoisotopic (exact) mass is 345 g/mol. The first-order valence-electron chi connectivity index (χ1n) is 9.02. The van der Waals surface area contributed by atoms with Gasteiger partial charge in [0.25, 0.3) is 5.91 Å². The van der Waals surface area contributed by atoms with Crippen LogP contribution in [-0.4, -0.2) is 50.3 Å². The van der Waals surface area contributed by atoms with Gasteiger partial charge < -0.3 is 10.6 Å². The van der Waals surface area contributed by atoms with Crippen molar-refractivity contribution in [2.75, 3.05) is 19.6 Å². The predicted molar refractivity (Wildman–Crippen MR) is 94.3 cm³/mol. The van der Waals surface area contributed by atoms with E-state index in [0.29, 0.717) is 18.2 Å². The molecule has 8 heteroatoms. The van der Waals surface area contributed by atoms with Gasteiger partial charge in [-0.1, -0.05) is 5.21 Å². The fourth-order valence-corrected chi connectivity index (χ4v) is 3.26. The van der Waals surface area contributed by atoms with Crippen molar-refractivity contribution in [2.45, 2.75) is 46.2 Å². The molecule has 0 bridgehead atoms. The van der Waals surface area contributed by atoms with Crippen molar-refractivity contribution < 1.29 is 4.79 Å². The summed E-state index contributed by atoms with van der Waals surface area (Å²) in [6, 6.07) is 2.05. The van der Waals surface area contributed by atoms with Crippen molar-refractivity contribution in [2.24, 2.45) is 5.92 Å². The van der Waals surface area contributed by atoms with Crippen LogP contribution >= 0.6 is 0 Å². The summed E-state index contributed by atoms with van der Waals surface area (Å²) >= 11 is 0. The zero-order valence-corrected chi connectivity index (χ0v) is 15.0. The molecular formula is C17H27N7O. The van der Waals surface area contributed by atoms with Gasteiger partial charge in [0.05, 0.1) is 11.9 Å². The van der Waals surface area contributed by atoms with E-state index in [9.17, 15) is 4.79 Å². The molecule has 0 spiro atoms. The number of aryl methyl sites for hydroxylation is 3. The second kappa shape index (κ2) is 8.24. The second-order valence-electron chi connectivity index (χ2n) is 6.80. The Bertz CT molecular complexity index is 700. The SMILES string of the molecule is Cc1cc(C)n(CCCNC(=O)c2cn(C[C@H]3CCCNC3)nn2)n1. The second-order valence-corrected chi connectivity index (χ2v) is 6.80. The third-order valence-corrected chi connectivity index (χ3v) is 4.55. The third-order valence-electron chi connectivity index (χ3n) is 4.55. The first-order chi connectivity index (χ1) is 12.1. The molecule has 136 valence electrons. The van der Waals surface area contributed by atoms with Gasteiger partial charge in [-0.2, -0.15) is 5.10 Å². The molecule has 1 atom stereocenters. The highest BCUT2D eigenvalue weighted by Gasteiger charge is 2.16. The number of piperidine rings is 1. The molecule has 1 saturated heterocycles. The Morgan fingerprint density at radius 1 is 1.44 bits per heavy atom. The number of amides is 1. The highest BCUT2D eigenvalue weighted by atomic mass is 16.2. The number of rotatable bonds is 7. The Hall–Kier alpha value is -2.22. The standard InChI is InChI=1S/C17H27N7O/c1-13-9-14(2)24(21-13)8-4-7-19-17(25)16-12-23(22-20-16)11-15-5-3-6-18-10-15/h9,12,15,18H,3-8,10-11H2,1-2H3,(H,19,25)/t15-/m0/s1. The van der Waals surface area contributed by atoms with Gasteiger partial charge in [-0.3, -0.25) is 14.2 Å². The minimum atomic E-state index is -0.165. The summed E-state index contributed by atoms with van der Waals surface area (Å²) in [5, 5.41) is 18.8. The van der Waals surface area contributed by atoms with E-state index in [4.69, 9.17) is 0 Å². The van der Waals surface area contributed by atoms with Crippen LogP contribution in [0.15, 0.2) is 12.3 Å². The Balaban J connectivity index is 1.41. The molecular weight excluding hydrogens is 318 g/mol. The topological polar surface area (TPSA) is 89.7 Å². The van der Waals surface area contributed by atoms with E-state index in [0.717, 1.165) is 44.0 Å². The zero-order chi connectivity index (χ0) is 17.6. The van der Waals surface area contributed by atoms with E-state index in [2.05, 4.69) is 32.1 Å². The first-order valence-corrected chi connectivity index (χ1v) is 9.02. The molecule has 2 aromatic heterocycles. The fraction of sp³-hybridized carbons (Fsp3) is 0.647. The Labute approximate surface area is 148 Å². The van der Waals surface area contributed by atoms with Gasteiger partial charge in [0.2, 0.25) is 0 Å². The highest BCUT2D eigenvalue weighted by molar-refractivity contribution is 5.91. The molecule has 2 N–H and O–H groups in total. The molecule has 0 aliphatic carbocycles. The number of aromatic nitrogens is 5. The summed E-state index contributed by atoms with van der Waals surface area (Å²) in [5.41, 5.74) is 2.55. The smallest absolute Gasteiger partial charge is 0.273 e. The van der Waals surface area contributed by atoms with Crippen LogP contribution in [0.1, 0.15) is 41.1 Å². The van der Waals surface area contributed by atoms with Crippen LogP contribution in [0, 0.1) is 19.8 Å². The molecule has 2 aromatic rings. The normalized spacial score (nSPS) is 17.6. The molecule has 1 fully saturated rings. The number of nitrogens with zero attached hydrogens (tertiary/aromatic N) is 5. The largest absolute Gasteiger partial charge is 0.351 e. The van der Waals surface area contributed by atoms with Crippen LogP contribution in [0.3, 0.4) is 0 Å². The molecule has 25 heavy (non-hydrogen) atoms. The molecule has 1 aliphatic rings. The Morgan fingerprint density at radius 2 is 2.32 bits per heavy atom. The average Bonchev–Trinajstić information content (AvgIpc) is 3.19. The quantitative estimate of drug-likeness (QED) is 0.728. The number of carbonyl (C=O) groups excluding carboxylic acids is 1.